The van der Waals surface area contributed by atoms with Gasteiger partial charge >= 0.3 is 5.97 Å². The summed E-state index contributed by atoms with van der Waals surface area (Å²) in [6.07, 6.45) is 0. The fourth-order valence-corrected chi connectivity index (χ4v) is 1.99. The minimum Gasteiger partial charge on any atom is -0.462 e. The summed E-state index contributed by atoms with van der Waals surface area (Å²) in [4.78, 5) is 18.0. The number of carbonyl (C=O) groups excluding carboxylic acids is 1. The lowest BCUT2D eigenvalue weighted by molar-refractivity contribution is 0.0528. The van der Waals surface area contributed by atoms with Crippen molar-refractivity contribution in [3.63, 3.8) is 0 Å². The summed E-state index contributed by atoms with van der Waals surface area (Å²) < 4.78 is 27.2. The van der Waals surface area contributed by atoms with Crippen molar-refractivity contribution in [2.75, 3.05) is 6.61 Å². The minimum absolute atomic E-state index is 0.195. The Morgan fingerprint density at radius 3 is 2.83 bits per heavy atom. The summed E-state index contributed by atoms with van der Waals surface area (Å²) in [5.74, 6) is -0.560. The van der Waals surface area contributed by atoms with E-state index in [1.54, 1.807) is 19.1 Å². The van der Waals surface area contributed by atoms with E-state index in [0.29, 0.717) is 5.52 Å². The molecule has 0 atom stereocenters. The first-order chi connectivity index (χ1) is 8.43. The molecule has 0 aliphatic rings. The number of primary sulfonamides is 1. The highest BCUT2D eigenvalue weighted by molar-refractivity contribution is 7.89. The lowest BCUT2D eigenvalue weighted by Gasteiger charge is -2.01. The predicted octanol–water partition coefficient (Wildman–Crippen LogP) is 0.387. The molecular weight excluding hydrogens is 258 g/mol. The molecule has 96 valence electrons. The summed E-state index contributed by atoms with van der Waals surface area (Å²) in [5.41, 5.74) is 0.824. The summed E-state index contributed by atoms with van der Waals surface area (Å²) in [7, 11) is -3.94. The standard InChI is InChI=1S/C10H11N3O4S/c1-2-17-9(14)6-4-3-5-7-8(6)13-10(12-7)18(11,15)16/h3-5H,2H2,1H3,(H,12,13)(H2,11,15,16). The molecule has 0 aliphatic heterocycles. The third kappa shape index (κ3) is 2.20. The molecule has 0 unspecified atom stereocenters. The number of carbonyl (C=O) groups is 1. The van der Waals surface area contributed by atoms with Crippen molar-refractivity contribution < 1.29 is 17.9 Å². The molecule has 1 heterocycles. The molecule has 0 radical (unpaired) electrons. The van der Waals surface area contributed by atoms with Gasteiger partial charge in [-0.05, 0) is 19.1 Å². The van der Waals surface area contributed by atoms with Crippen LogP contribution in [0.3, 0.4) is 0 Å². The van der Waals surface area contributed by atoms with Crippen molar-refractivity contribution >= 4 is 27.0 Å². The van der Waals surface area contributed by atoms with E-state index in [9.17, 15) is 13.2 Å². The number of imidazole rings is 1. The number of sulfonamides is 1. The molecule has 0 spiro atoms. The lowest BCUT2D eigenvalue weighted by Crippen LogP contribution is -2.13. The highest BCUT2D eigenvalue weighted by atomic mass is 32.2. The van der Waals surface area contributed by atoms with Gasteiger partial charge in [0, 0.05) is 0 Å². The van der Waals surface area contributed by atoms with Crippen molar-refractivity contribution in [2.24, 2.45) is 5.14 Å². The number of nitrogens with one attached hydrogen (secondary N) is 1. The van der Waals surface area contributed by atoms with Crippen LogP contribution in [0.4, 0.5) is 0 Å². The highest BCUT2D eigenvalue weighted by Crippen LogP contribution is 2.18. The van der Waals surface area contributed by atoms with Gasteiger partial charge in [-0.3, -0.25) is 0 Å². The Kier molecular flexibility index (Phi) is 3.05. The molecule has 0 amide bonds. The van der Waals surface area contributed by atoms with Gasteiger partial charge in [0.05, 0.1) is 17.7 Å². The molecule has 0 saturated carbocycles. The number of hydrogen-bond donors (Lipinski definition) is 2. The number of aromatic nitrogens is 2. The third-order valence-electron chi connectivity index (χ3n) is 2.26. The van der Waals surface area contributed by atoms with Crippen LogP contribution in [0.5, 0.6) is 0 Å². The van der Waals surface area contributed by atoms with Crippen LogP contribution in [-0.2, 0) is 14.8 Å². The SMILES string of the molecule is CCOC(=O)c1cccc2[nH]c(S(N)(=O)=O)nc12. The molecule has 1 aromatic carbocycles. The molecule has 18 heavy (non-hydrogen) atoms. The minimum atomic E-state index is -3.94. The quantitative estimate of drug-likeness (QED) is 0.782. The van der Waals surface area contributed by atoms with Crippen molar-refractivity contribution in [3.8, 4) is 0 Å². The molecule has 8 heteroatoms. The maximum Gasteiger partial charge on any atom is 0.340 e. The van der Waals surface area contributed by atoms with Crippen LogP contribution in [0.25, 0.3) is 11.0 Å². The third-order valence-corrected chi connectivity index (χ3v) is 2.99. The largest absolute Gasteiger partial charge is 0.462 e. The summed E-state index contributed by atoms with van der Waals surface area (Å²) >= 11 is 0. The van der Waals surface area contributed by atoms with Gasteiger partial charge in [-0.25, -0.2) is 23.3 Å². The second-order valence-corrected chi connectivity index (χ2v) is 4.99. The molecule has 0 fully saturated rings. The van der Waals surface area contributed by atoms with Crippen molar-refractivity contribution in [2.45, 2.75) is 12.1 Å². The van der Waals surface area contributed by atoms with Crippen LogP contribution in [0.2, 0.25) is 0 Å². The molecule has 1 aromatic heterocycles. The van der Waals surface area contributed by atoms with Gasteiger partial charge in [0.25, 0.3) is 10.0 Å². The van der Waals surface area contributed by atoms with Gasteiger partial charge in [-0.2, -0.15) is 0 Å². The molecule has 2 aromatic rings. The molecule has 0 saturated heterocycles. The summed E-state index contributed by atoms with van der Waals surface area (Å²) in [6, 6.07) is 4.70. The topological polar surface area (TPSA) is 115 Å². The zero-order valence-electron chi connectivity index (χ0n) is 9.50. The number of esters is 1. The Labute approximate surface area is 103 Å². The van der Waals surface area contributed by atoms with Gasteiger partial charge in [0.2, 0.25) is 5.16 Å². The number of rotatable bonds is 3. The fraction of sp³-hybridized carbons (Fsp3) is 0.200. The molecule has 0 aliphatic carbocycles. The lowest BCUT2D eigenvalue weighted by atomic mass is 10.2. The zero-order chi connectivity index (χ0) is 13.3. The first kappa shape index (κ1) is 12.5. The monoisotopic (exact) mass is 269 g/mol. The van der Waals surface area contributed by atoms with E-state index < -0.39 is 16.0 Å². The van der Waals surface area contributed by atoms with E-state index in [1.165, 1.54) is 6.07 Å². The second kappa shape index (κ2) is 4.39. The van der Waals surface area contributed by atoms with Gasteiger partial charge in [0.15, 0.2) is 0 Å². The van der Waals surface area contributed by atoms with E-state index in [4.69, 9.17) is 9.88 Å². The average Bonchev–Trinajstić information content (AvgIpc) is 2.72. The summed E-state index contributed by atoms with van der Waals surface area (Å²) in [5, 5.41) is 4.59. The van der Waals surface area contributed by atoms with Crippen LogP contribution in [-0.4, -0.2) is 31.0 Å². The Bertz CT molecular complexity index is 705. The van der Waals surface area contributed by atoms with Gasteiger partial charge in [0.1, 0.15) is 5.52 Å². The number of aromatic amines is 1. The molecule has 2 rings (SSSR count). The number of nitrogens with zero attached hydrogens (tertiary/aromatic N) is 1. The smallest absolute Gasteiger partial charge is 0.340 e. The van der Waals surface area contributed by atoms with Crippen molar-refractivity contribution in [1.82, 2.24) is 9.97 Å². The Hall–Kier alpha value is -1.93. The van der Waals surface area contributed by atoms with Crippen LogP contribution < -0.4 is 5.14 Å². The van der Waals surface area contributed by atoms with Crippen LogP contribution in [0, 0.1) is 0 Å². The number of ether oxygens (including phenoxy) is 1. The van der Waals surface area contributed by atoms with Crippen molar-refractivity contribution in [3.05, 3.63) is 23.8 Å². The van der Waals surface area contributed by atoms with E-state index in [2.05, 4.69) is 9.97 Å². The highest BCUT2D eigenvalue weighted by Gasteiger charge is 2.18. The Balaban J connectivity index is 2.63. The van der Waals surface area contributed by atoms with E-state index in [1.807, 2.05) is 0 Å². The van der Waals surface area contributed by atoms with Crippen LogP contribution in [0.1, 0.15) is 17.3 Å². The van der Waals surface area contributed by atoms with Crippen molar-refractivity contribution in [1.29, 1.82) is 0 Å². The number of fused-ring (bicyclic) bond motifs is 1. The van der Waals surface area contributed by atoms with Gasteiger partial charge in [-0.15, -0.1) is 0 Å². The first-order valence-corrected chi connectivity index (χ1v) is 6.66. The van der Waals surface area contributed by atoms with Gasteiger partial charge in [-0.1, -0.05) is 6.07 Å². The number of H-pyrrole nitrogens is 1. The maximum absolute atomic E-state index is 11.7. The number of benzene rings is 1. The summed E-state index contributed by atoms with van der Waals surface area (Å²) in [6.45, 7) is 1.90. The fourth-order valence-electron chi connectivity index (χ4n) is 1.52. The Morgan fingerprint density at radius 2 is 2.22 bits per heavy atom. The molecular formula is C10H11N3O4S. The normalized spacial score (nSPS) is 11.7. The Morgan fingerprint density at radius 1 is 1.50 bits per heavy atom. The van der Waals surface area contributed by atoms with E-state index >= 15 is 0 Å². The van der Waals surface area contributed by atoms with Gasteiger partial charge < -0.3 is 9.72 Å². The molecule has 7 nitrogen and oxygen atoms in total. The first-order valence-electron chi connectivity index (χ1n) is 5.12. The molecule has 0 bridgehead atoms. The predicted molar refractivity (Wildman–Crippen MR) is 63.4 cm³/mol. The zero-order valence-corrected chi connectivity index (χ0v) is 10.3. The second-order valence-electron chi connectivity index (χ2n) is 3.51. The number of para-hydroxylation sites is 1. The van der Waals surface area contributed by atoms with Crippen LogP contribution in [0.15, 0.2) is 23.4 Å². The van der Waals surface area contributed by atoms with Crippen LogP contribution >= 0.6 is 0 Å². The average molecular weight is 269 g/mol. The maximum atomic E-state index is 11.7. The number of hydrogen-bond acceptors (Lipinski definition) is 5. The van der Waals surface area contributed by atoms with E-state index in [0.717, 1.165) is 0 Å². The molecule has 3 N–H and O–H groups in total. The van der Waals surface area contributed by atoms with E-state index in [-0.39, 0.29) is 22.8 Å². The number of nitrogens with two attached hydrogens (primary N) is 1.